The van der Waals surface area contributed by atoms with Crippen LogP contribution in [0, 0.1) is 0 Å². The highest BCUT2D eigenvalue weighted by molar-refractivity contribution is 9.10. The van der Waals surface area contributed by atoms with Crippen molar-refractivity contribution < 1.29 is 9.84 Å². The third-order valence-corrected chi connectivity index (χ3v) is 4.30. The van der Waals surface area contributed by atoms with E-state index >= 15 is 0 Å². The van der Waals surface area contributed by atoms with Gasteiger partial charge >= 0.3 is 0 Å². The molecule has 0 saturated heterocycles. The molecule has 106 valence electrons. The van der Waals surface area contributed by atoms with Gasteiger partial charge in [-0.25, -0.2) is 0 Å². The van der Waals surface area contributed by atoms with Gasteiger partial charge in [0.25, 0.3) is 0 Å². The Bertz CT molecular complexity index is 617. The van der Waals surface area contributed by atoms with E-state index in [0.717, 1.165) is 20.3 Å². The van der Waals surface area contributed by atoms with Crippen molar-refractivity contribution in [3.63, 3.8) is 0 Å². The average molecular weight is 421 g/mol. The summed E-state index contributed by atoms with van der Waals surface area (Å²) in [5.41, 5.74) is 1.62. The van der Waals surface area contributed by atoms with E-state index in [4.69, 9.17) is 16.3 Å². The van der Waals surface area contributed by atoms with Gasteiger partial charge in [0.1, 0.15) is 5.75 Å². The molecule has 0 fully saturated rings. The summed E-state index contributed by atoms with van der Waals surface area (Å²) in [6.45, 7) is 0. The highest BCUT2D eigenvalue weighted by atomic mass is 79.9. The molecule has 1 atom stereocenters. The summed E-state index contributed by atoms with van der Waals surface area (Å²) in [5.74, 6) is 0.748. The number of benzene rings is 2. The van der Waals surface area contributed by atoms with Crippen LogP contribution in [-0.4, -0.2) is 12.2 Å². The molecule has 2 aromatic carbocycles. The zero-order valence-electron chi connectivity index (χ0n) is 10.7. The molecule has 0 saturated carbocycles. The monoisotopic (exact) mass is 418 g/mol. The number of aliphatic hydroxyl groups excluding tert-OH is 1. The number of ether oxygens (including phenoxy) is 1. The fraction of sp³-hybridized carbons (Fsp3) is 0.200. The maximum Gasteiger partial charge on any atom is 0.122 e. The molecule has 20 heavy (non-hydrogen) atoms. The number of hydrogen-bond acceptors (Lipinski definition) is 2. The molecule has 0 aliphatic carbocycles. The third kappa shape index (κ3) is 3.76. The van der Waals surface area contributed by atoms with Crippen molar-refractivity contribution in [1.82, 2.24) is 0 Å². The lowest BCUT2D eigenvalue weighted by atomic mass is 10.0. The van der Waals surface area contributed by atoms with Crippen LogP contribution in [0.3, 0.4) is 0 Å². The molecule has 2 rings (SSSR count). The van der Waals surface area contributed by atoms with Gasteiger partial charge in [0.2, 0.25) is 0 Å². The molecule has 2 aromatic rings. The molecule has 1 unspecified atom stereocenters. The Hall–Kier alpha value is -0.550. The second-order valence-electron chi connectivity index (χ2n) is 4.34. The van der Waals surface area contributed by atoms with Gasteiger partial charge < -0.3 is 9.84 Å². The molecular formula is C15H13Br2ClO2. The van der Waals surface area contributed by atoms with Crippen molar-refractivity contribution in [2.24, 2.45) is 0 Å². The number of aliphatic hydroxyl groups is 1. The number of methoxy groups -OCH3 is 1. The molecule has 2 nitrogen and oxygen atoms in total. The predicted molar refractivity (Wildman–Crippen MR) is 88.5 cm³/mol. The van der Waals surface area contributed by atoms with Crippen LogP contribution in [0.25, 0.3) is 0 Å². The Morgan fingerprint density at radius 1 is 1.15 bits per heavy atom. The highest BCUT2D eigenvalue weighted by Crippen LogP contribution is 2.32. The van der Waals surface area contributed by atoms with Crippen LogP contribution in [0.1, 0.15) is 17.2 Å². The van der Waals surface area contributed by atoms with Crippen molar-refractivity contribution in [2.75, 3.05) is 7.11 Å². The second-order valence-corrected chi connectivity index (χ2v) is 6.58. The minimum Gasteiger partial charge on any atom is -0.496 e. The summed E-state index contributed by atoms with van der Waals surface area (Å²) < 4.78 is 7.15. The third-order valence-electron chi connectivity index (χ3n) is 2.97. The number of rotatable bonds is 4. The number of hydrogen-bond donors (Lipinski definition) is 1. The average Bonchev–Trinajstić information content (AvgIpc) is 2.41. The molecule has 1 N–H and O–H groups in total. The highest BCUT2D eigenvalue weighted by Gasteiger charge is 2.15. The molecule has 0 radical (unpaired) electrons. The van der Waals surface area contributed by atoms with Gasteiger partial charge in [0.15, 0.2) is 0 Å². The molecule has 5 heteroatoms. The molecule has 0 aliphatic rings. The SMILES string of the molecule is COc1ccc(Br)cc1CC(O)c1cc(Br)ccc1Cl. The topological polar surface area (TPSA) is 29.5 Å². The normalized spacial score (nSPS) is 12.2. The molecule has 0 amide bonds. The summed E-state index contributed by atoms with van der Waals surface area (Å²) >= 11 is 13.0. The molecule has 0 aliphatic heterocycles. The first kappa shape index (κ1) is 15.8. The van der Waals surface area contributed by atoms with Crippen molar-refractivity contribution >= 4 is 43.5 Å². The minimum absolute atomic E-state index is 0.429. The Kier molecular flexibility index (Phi) is 5.49. The zero-order valence-corrected chi connectivity index (χ0v) is 14.7. The molecular weight excluding hydrogens is 407 g/mol. The van der Waals surface area contributed by atoms with Gasteiger partial charge in [-0.2, -0.15) is 0 Å². The van der Waals surface area contributed by atoms with Crippen molar-refractivity contribution in [3.05, 3.63) is 61.5 Å². The van der Waals surface area contributed by atoms with Gasteiger partial charge in [0, 0.05) is 26.0 Å². The van der Waals surface area contributed by atoms with Gasteiger partial charge in [-0.3, -0.25) is 0 Å². The van der Waals surface area contributed by atoms with Crippen molar-refractivity contribution in [3.8, 4) is 5.75 Å². The first-order valence-corrected chi connectivity index (χ1v) is 7.93. The minimum atomic E-state index is -0.691. The first-order chi connectivity index (χ1) is 9.51. The van der Waals surface area contributed by atoms with Crippen LogP contribution in [0.15, 0.2) is 45.3 Å². The Labute approximate surface area is 140 Å². The molecule has 0 aromatic heterocycles. The fourth-order valence-corrected chi connectivity index (χ4v) is 3.03. The lowest BCUT2D eigenvalue weighted by Crippen LogP contribution is -2.04. The Morgan fingerprint density at radius 2 is 1.80 bits per heavy atom. The lowest BCUT2D eigenvalue weighted by Gasteiger charge is -2.15. The van der Waals surface area contributed by atoms with Crippen LogP contribution in [0.4, 0.5) is 0 Å². The lowest BCUT2D eigenvalue weighted by molar-refractivity contribution is 0.177. The van der Waals surface area contributed by atoms with Crippen LogP contribution in [0.2, 0.25) is 5.02 Å². The predicted octanol–water partition coefficient (Wildman–Crippen LogP) is 5.15. The van der Waals surface area contributed by atoms with Crippen molar-refractivity contribution in [1.29, 1.82) is 0 Å². The van der Waals surface area contributed by atoms with E-state index in [1.54, 1.807) is 13.2 Å². The van der Waals surface area contributed by atoms with Gasteiger partial charge in [-0.05, 0) is 42.0 Å². The first-order valence-electron chi connectivity index (χ1n) is 5.96. The van der Waals surface area contributed by atoms with Gasteiger partial charge in [-0.15, -0.1) is 0 Å². The maximum atomic E-state index is 10.4. The Morgan fingerprint density at radius 3 is 2.50 bits per heavy atom. The summed E-state index contributed by atoms with van der Waals surface area (Å²) in [6.07, 6.45) is -0.262. The van der Waals surface area contributed by atoms with Crippen LogP contribution >= 0.6 is 43.5 Å². The van der Waals surface area contributed by atoms with Crippen molar-refractivity contribution in [2.45, 2.75) is 12.5 Å². The summed E-state index contributed by atoms with van der Waals surface area (Å²) in [5, 5.41) is 11.0. The summed E-state index contributed by atoms with van der Waals surface area (Å²) in [7, 11) is 1.62. The maximum absolute atomic E-state index is 10.4. The van der Waals surface area contributed by atoms with Crippen LogP contribution in [0.5, 0.6) is 5.75 Å². The summed E-state index contributed by atoms with van der Waals surface area (Å²) in [4.78, 5) is 0. The quantitative estimate of drug-likeness (QED) is 0.741. The fourth-order valence-electron chi connectivity index (χ4n) is 1.99. The van der Waals surface area contributed by atoms with E-state index in [2.05, 4.69) is 31.9 Å². The standard InChI is InChI=1S/C15H13Br2ClO2/c1-20-15-5-3-10(16)6-9(15)7-14(19)12-8-11(17)2-4-13(12)18/h2-6,8,14,19H,7H2,1H3. The van der Waals surface area contributed by atoms with E-state index in [1.807, 2.05) is 30.3 Å². The smallest absolute Gasteiger partial charge is 0.122 e. The Balaban J connectivity index is 2.29. The van der Waals surface area contributed by atoms with E-state index in [0.29, 0.717) is 17.0 Å². The number of halogens is 3. The van der Waals surface area contributed by atoms with E-state index < -0.39 is 6.10 Å². The largest absolute Gasteiger partial charge is 0.496 e. The van der Waals surface area contributed by atoms with E-state index in [-0.39, 0.29) is 0 Å². The molecule has 0 spiro atoms. The molecule has 0 bridgehead atoms. The van der Waals surface area contributed by atoms with Crippen LogP contribution in [-0.2, 0) is 6.42 Å². The van der Waals surface area contributed by atoms with Gasteiger partial charge in [0.05, 0.1) is 13.2 Å². The van der Waals surface area contributed by atoms with Gasteiger partial charge in [-0.1, -0.05) is 43.5 Å². The zero-order chi connectivity index (χ0) is 14.7. The van der Waals surface area contributed by atoms with Crippen LogP contribution < -0.4 is 4.74 Å². The second kappa shape index (κ2) is 6.94. The van der Waals surface area contributed by atoms with E-state index in [1.165, 1.54) is 0 Å². The van der Waals surface area contributed by atoms with E-state index in [9.17, 15) is 5.11 Å². The molecule has 0 heterocycles. The summed E-state index contributed by atoms with van der Waals surface area (Å²) in [6, 6.07) is 11.2.